The van der Waals surface area contributed by atoms with Gasteiger partial charge in [-0.25, -0.2) is 0 Å². The Bertz CT molecular complexity index is 1160. The summed E-state index contributed by atoms with van der Waals surface area (Å²) < 4.78 is 2.98. The molecule has 1 aliphatic heterocycles. The van der Waals surface area contributed by atoms with Gasteiger partial charge in [0.25, 0.3) is 5.91 Å². The molecule has 0 bridgehead atoms. The molecule has 2 heterocycles. The van der Waals surface area contributed by atoms with Gasteiger partial charge in [0.1, 0.15) is 0 Å². The second kappa shape index (κ2) is 7.36. The predicted molar refractivity (Wildman–Crippen MR) is 108 cm³/mol. The molecule has 0 radical (unpaired) electrons. The molecular weight excluding hydrogens is 374 g/mol. The van der Waals surface area contributed by atoms with E-state index in [1.54, 1.807) is 30.3 Å². The van der Waals surface area contributed by atoms with Gasteiger partial charge in [-0.05, 0) is 36.4 Å². The van der Waals surface area contributed by atoms with Gasteiger partial charge < -0.3 is 4.57 Å². The van der Waals surface area contributed by atoms with Crippen molar-refractivity contribution >= 4 is 45.0 Å². The van der Waals surface area contributed by atoms with Crippen LogP contribution in [0.4, 0.5) is 5.69 Å². The van der Waals surface area contributed by atoms with Crippen LogP contribution in [0.15, 0.2) is 66.2 Å². The van der Waals surface area contributed by atoms with Crippen LogP contribution in [0.1, 0.15) is 23.2 Å². The molecule has 0 saturated carbocycles. The number of thiazole rings is 1. The zero-order chi connectivity index (χ0) is 19.7. The highest BCUT2D eigenvalue weighted by Gasteiger charge is 2.30. The van der Waals surface area contributed by atoms with Gasteiger partial charge in [0.15, 0.2) is 4.80 Å². The summed E-state index contributed by atoms with van der Waals surface area (Å²) in [4.78, 5) is 42.4. The van der Waals surface area contributed by atoms with Crippen LogP contribution in [0.2, 0.25) is 0 Å². The molecule has 0 spiro atoms. The molecule has 1 saturated heterocycles. The molecule has 6 nitrogen and oxygen atoms in total. The number of hydrogen-bond donors (Lipinski definition) is 0. The maximum Gasteiger partial charge on any atom is 0.279 e. The number of amides is 3. The number of hydrogen-bond acceptors (Lipinski definition) is 4. The number of benzene rings is 2. The molecule has 28 heavy (non-hydrogen) atoms. The highest BCUT2D eigenvalue weighted by atomic mass is 32.1. The molecule has 7 heteroatoms. The number of rotatable bonds is 4. The maximum atomic E-state index is 12.7. The number of carbonyl (C=O) groups is 3. The predicted octanol–water partition coefficient (Wildman–Crippen LogP) is 3.28. The zero-order valence-corrected chi connectivity index (χ0v) is 15.8. The number of nitrogens with zero attached hydrogens (tertiary/aromatic N) is 3. The number of para-hydroxylation sites is 1. The van der Waals surface area contributed by atoms with Gasteiger partial charge in [0, 0.05) is 24.9 Å². The number of anilines is 1. The van der Waals surface area contributed by atoms with Gasteiger partial charge in [0.2, 0.25) is 11.8 Å². The summed E-state index contributed by atoms with van der Waals surface area (Å²) in [6.45, 7) is 4.33. The Morgan fingerprint density at radius 1 is 1.07 bits per heavy atom. The Morgan fingerprint density at radius 2 is 1.75 bits per heavy atom. The van der Waals surface area contributed by atoms with Crippen LogP contribution >= 0.6 is 11.3 Å². The molecule has 3 amide bonds. The number of aromatic nitrogens is 1. The summed E-state index contributed by atoms with van der Waals surface area (Å²) >= 11 is 1.44. The number of allylic oxidation sites excluding steroid dienone is 1. The maximum absolute atomic E-state index is 12.7. The molecule has 3 aromatic rings. The average molecular weight is 391 g/mol. The Morgan fingerprint density at radius 3 is 2.43 bits per heavy atom. The topological polar surface area (TPSA) is 71.7 Å². The summed E-state index contributed by atoms with van der Waals surface area (Å²) in [6.07, 6.45) is 2.22. The Hall–Kier alpha value is -3.32. The zero-order valence-electron chi connectivity index (χ0n) is 15.0. The molecule has 4 rings (SSSR count). The Labute approximate surface area is 165 Å². The number of fused-ring (bicyclic) bond motifs is 1. The molecule has 0 N–H and O–H groups in total. The molecular formula is C21H17N3O3S. The fourth-order valence-electron chi connectivity index (χ4n) is 3.18. The van der Waals surface area contributed by atoms with Gasteiger partial charge in [-0.3, -0.25) is 19.3 Å². The van der Waals surface area contributed by atoms with Crippen molar-refractivity contribution in [3.8, 4) is 0 Å². The van der Waals surface area contributed by atoms with Crippen LogP contribution in [0.3, 0.4) is 0 Å². The molecule has 0 aliphatic carbocycles. The minimum atomic E-state index is -0.380. The summed E-state index contributed by atoms with van der Waals surface area (Å²) in [6, 6.07) is 14.2. The first kappa shape index (κ1) is 18.1. The van der Waals surface area contributed by atoms with Crippen molar-refractivity contribution in [2.45, 2.75) is 19.4 Å². The lowest BCUT2D eigenvalue weighted by molar-refractivity contribution is -0.121. The van der Waals surface area contributed by atoms with Crippen molar-refractivity contribution in [3.05, 3.63) is 71.6 Å². The lowest BCUT2D eigenvalue weighted by Gasteiger charge is -2.13. The van der Waals surface area contributed by atoms with E-state index in [2.05, 4.69) is 11.6 Å². The summed E-state index contributed by atoms with van der Waals surface area (Å²) in [5.74, 6) is -0.816. The lowest BCUT2D eigenvalue weighted by atomic mass is 10.2. The second-order valence-electron chi connectivity index (χ2n) is 6.34. The first-order valence-electron chi connectivity index (χ1n) is 8.82. The third kappa shape index (κ3) is 3.20. The van der Waals surface area contributed by atoms with Crippen molar-refractivity contribution < 1.29 is 14.4 Å². The van der Waals surface area contributed by atoms with Gasteiger partial charge in [-0.15, -0.1) is 6.58 Å². The van der Waals surface area contributed by atoms with Crippen LogP contribution in [0.5, 0.6) is 0 Å². The lowest BCUT2D eigenvalue weighted by Crippen LogP contribution is -2.28. The van der Waals surface area contributed by atoms with Crippen LogP contribution in [0.25, 0.3) is 10.2 Å². The van der Waals surface area contributed by atoms with Crippen molar-refractivity contribution in [3.63, 3.8) is 0 Å². The minimum Gasteiger partial charge on any atom is -0.312 e. The second-order valence-corrected chi connectivity index (χ2v) is 7.35. The van der Waals surface area contributed by atoms with E-state index in [1.165, 1.54) is 11.3 Å². The van der Waals surface area contributed by atoms with Crippen molar-refractivity contribution in [2.75, 3.05) is 4.90 Å². The van der Waals surface area contributed by atoms with Gasteiger partial charge in [-0.1, -0.05) is 29.5 Å². The normalized spacial score (nSPS) is 14.9. The molecule has 1 aliphatic rings. The van der Waals surface area contributed by atoms with E-state index in [9.17, 15) is 14.4 Å². The average Bonchev–Trinajstić information content (AvgIpc) is 3.22. The van der Waals surface area contributed by atoms with Gasteiger partial charge in [0.05, 0.1) is 15.9 Å². The van der Waals surface area contributed by atoms with Crippen LogP contribution in [-0.2, 0) is 16.1 Å². The number of imide groups is 1. The Kier molecular flexibility index (Phi) is 4.75. The van der Waals surface area contributed by atoms with Crippen LogP contribution < -0.4 is 9.70 Å². The van der Waals surface area contributed by atoms with E-state index >= 15 is 0 Å². The van der Waals surface area contributed by atoms with Gasteiger partial charge in [-0.2, -0.15) is 4.99 Å². The third-order valence-corrected chi connectivity index (χ3v) is 5.58. The molecule has 0 atom stereocenters. The fourth-order valence-corrected chi connectivity index (χ4v) is 4.22. The first-order valence-corrected chi connectivity index (χ1v) is 9.64. The van der Waals surface area contributed by atoms with Crippen molar-refractivity contribution in [1.82, 2.24) is 4.57 Å². The van der Waals surface area contributed by atoms with E-state index in [0.717, 1.165) is 15.1 Å². The van der Waals surface area contributed by atoms with Gasteiger partial charge >= 0.3 is 0 Å². The SMILES string of the molecule is C=CCn1c(=NC(=O)c2ccc(N3C(=O)CCC3=O)cc2)sc2ccccc21. The third-order valence-electron chi connectivity index (χ3n) is 4.52. The first-order chi connectivity index (χ1) is 13.6. The summed E-state index contributed by atoms with van der Waals surface area (Å²) in [5.41, 5.74) is 1.87. The highest BCUT2D eigenvalue weighted by molar-refractivity contribution is 7.16. The smallest absolute Gasteiger partial charge is 0.279 e. The van der Waals surface area contributed by atoms with Crippen molar-refractivity contribution in [1.29, 1.82) is 0 Å². The van der Waals surface area contributed by atoms with E-state index in [0.29, 0.717) is 22.6 Å². The standard InChI is InChI=1S/C21H17N3O3S/c1-2-13-23-16-5-3-4-6-17(16)28-21(23)22-20(27)14-7-9-15(10-8-14)24-18(25)11-12-19(24)26/h2-10H,1,11-13H2. The van der Waals surface area contributed by atoms with E-state index < -0.39 is 0 Å². The molecule has 1 fully saturated rings. The van der Waals surface area contributed by atoms with E-state index in [4.69, 9.17) is 0 Å². The van der Waals surface area contributed by atoms with E-state index in [-0.39, 0.29) is 30.6 Å². The quantitative estimate of drug-likeness (QED) is 0.506. The Balaban J connectivity index is 1.68. The van der Waals surface area contributed by atoms with Crippen LogP contribution in [0, 0.1) is 0 Å². The van der Waals surface area contributed by atoms with E-state index in [1.807, 2.05) is 28.8 Å². The molecule has 140 valence electrons. The highest BCUT2D eigenvalue weighted by Crippen LogP contribution is 2.23. The fraction of sp³-hybridized carbons (Fsp3) is 0.143. The minimum absolute atomic E-state index is 0.218. The molecule has 0 unspecified atom stereocenters. The molecule has 2 aromatic carbocycles. The van der Waals surface area contributed by atoms with Crippen molar-refractivity contribution in [2.24, 2.45) is 4.99 Å². The molecule has 1 aromatic heterocycles. The largest absolute Gasteiger partial charge is 0.312 e. The number of carbonyl (C=O) groups excluding carboxylic acids is 3. The summed E-state index contributed by atoms with van der Waals surface area (Å²) in [5, 5.41) is 0. The monoisotopic (exact) mass is 391 g/mol. The summed E-state index contributed by atoms with van der Waals surface area (Å²) in [7, 11) is 0. The van der Waals surface area contributed by atoms with Crippen LogP contribution in [-0.4, -0.2) is 22.3 Å².